The number of esters is 2. The van der Waals surface area contributed by atoms with E-state index in [1.807, 2.05) is 13.8 Å². The van der Waals surface area contributed by atoms with Gasteiger partial charge in [0, 0.05) is 83.1 Å². The van der Waals surface area contributed by atoms with E-state index in [0.717, 1.165) is 95.5 Å². The maximum absolute atomic E-state index is 11.3. The molecule has 4 saturated carbocycles. The molecule has 4 saturated heterocycles. The molecule has 0 unspecified atom stereocenters. The first-order chi connectivity index (χ1) is 27.5. The monoisotopic (exact) mass is 810 g/mol. The van der Waals surface area contributed by atoms with Crippen molar-refractivity contribution in [2.24, 2.45) is 11.8 Å². The first kappa shape index (κ1) is 45.6. The third kappa shape index (κ3) is 14.3. The van der Waals surface area contributed by atoms with E-state index >= 15 is 0 Å². The summed E-state index contributed by atoms with van der Waals surface area (Å²) in [6, 6.07) is 0. The summed E-state index contributed by atoms with van der Waals surface area (Å²) < 4.78 is 54.4. The van der Waals surface area contributed by atoms with Crippen LogP contribution in [0.2, 0.25) is 0 Å². The minimum Gasteiger partial charge on any atom is -0.481 e. The van der Waals surface area contributed by atoms with Crippen LogP contribution in [0.5, 0.6) is 0 Å². The summed E-state index contributed by atoms with van der Waals surface area (Å²) in [4.78, 5) is 44.0. The fourth-order valence-corrected chi connectivity index (χ4v) is 8.85. The first-order valence-electron chi connectivity index (χ1n) is 21.4. The summed E-state index contributed by atoms with van der Waals surface area (Å²) in [7, 11) is 0. The Hall–Kier alpha value is -2.50. The maximum atomic E-state index is 11.3. The van der Waals surface area contributed by atoms with Gasteiger partial charge >= 0.3 is 17.9 Å². The number of rotatable bonds is 7. The van der Waals surface area contributed by atoms with Crippen molar-refractivity contribution < 1.29 is 71.7 Å². The number of ether oxygens (including phenoxy) is 10. The van der Waals surface area contributed by atoms with Crippen molar-refractivity contribution in [1.29, 1.82) is 0 Å². The average Bonchev–Trinajstić information content (AvgIpc) is 4.04. The van der Waals surface area contributed by atoms with Crippen molar-refractivity contribution in [3.05, 3.63) is 11.6 Å². The van der Waals surface area contributed by atoms with Crippen molar-refractivity contribution in [2.45, 2.75) is 153 Å². The van der Waals surface area contributed by atoms with Crippen LogP contribution in [0.3, 0.4) is 0 Å². The number of ketones is 1. The molecule has 4 aliphatic heterocycles. The van der Waals surface area contributed by atoms with Gasteiger partial charge in [-0.05, 0) is 64.2 Å². The van der Waals surface area contributed by atoms with Gasteiger partial charge < -0.3 is 52.5 Å². The van der Waals surface area contributed by atoms with Crippen LogP contribution in [0, 0.1) is 11.8 Å². The molecule has 15 heteroatoms. The van der Waals surface area contributed by atoms with E-state index in [1.54, 1.807) is 6.08 Å². The molecular weight excluding hydrogens is 744 g/mol. The predicted molar refractivity (Wildman–Crippen MR) is 203 cm³/mol. The van der Waals surface area contributed by atoms with Gasteiger partial charge in [0.05, 0.1) is 66.1 Å². The van der Waals surface area contributed by atoms with E-state index in [1.165, 1.54) is 0 Å². The molecule has 0 radical (unpaired) electrons. The van der Waals surface area contributed by atoms with Crippen molar-refractivity contribution in [3.63, 3.8) is 0 Å². The smallest absolute Gasteiger partial charge is 0.330 e. The summed E-state index contributed by atoms with van der Waals surface area (Å²) in [5.41, 5.74) is 1.14. The van der Waals surface area contributed by atoms with Crippen LogP contribution in [0.1, 0.15) is 129 Å². The molecule has 8 fully saturated rings. The number of carbonyl (C=O) groups is 4. The highest BCUT2D eigenvalue weighted by Gasteiger charge is 2.43. The van der Waals surface area contributed by atoms with Crippen molar-refractivity contribution in [1.82, 2.24) is 0 Å². The lowest BCUT2D eigenvalue weighted by molar-refractivity contribution is -0.184. The molecular formula is C42H66O15. The van der Waals surface area contributed by atoms with Gasteiger partial charge in [0.2, 0.25) is 0 Å². The van der Waals surface area contributed by atoms with Crippen LogP contribution in [-0.2, 0) is 66.5 Å². The number of allylic oxidation sites excluding steroid dienone is 1. The molecule has 57 heavy (non-hydrogen) atoms. The fourth-order valence-electron chi connectivity index (χ4n) is 8.85. The topological polar surface area (TPSA) is 181 Å². The van der Waals surface area contributed by atoms with Crippen LogP contribution in [0.15, 0.2) is 11.6 Å². The van der Waals surface area contributed by atoms with Gasteiger partial charge in [-0.1, -0.05) is 5.57 Å². The third-order valence-electron chi connectivity index (χ3n) is 12.0. The largest absolute Gasteiger partial charge is 0.481 e. The Labute approximate surface area is 337 Å². The Morgan fingerprint density at radius 2 is 0.912 bits per heavy atom. The third-order valence-corrected chi connectivity index (χ3v) is 12.0. The summed E-state index contributed by atoms with van der Waals surface area (Å²) in [5, 5.41) is 8.66. The Balaban J connectivity index is 0.000000146. The van der Waals surface area contributed by atoms with Gasteiger partial charge in [-0.2, -0.15) is 0 Å². The first-order valence-corrected chi connectivity index (χ1v) is 21.4. The lowest BCUT2D eigenvalue weighted by atomic mass is 9.83. The van der Waals surface area contributed by atoms with Crippen molar-refractivity contribution in [3.8, 4) is 0 Å². The van der Waals surface area contributed by atoms with Crippen molar-refractivity contribution >= 4 is 23.7 Å². The van der Waals surface area contributed by atoms with Crippen LogP contribution < -0.4 is 0 Å². The number of aliphatic carboxylic acids is 1. The molecule has 0 atom stereocenters. The van der Waals surface area contributed by atoms with Gasteiger partial charge in [-0.25, -0.2) is 4.79 Å². The lowest BCUT2D eigenvalue weighted by Crippen LogP contribution is -2.35. The highest BCUT2D eigenvalue weighted by Crippen LogP contribution is 2.41. The number of carbonyl (C=O) groups excluding carboxylic acids is 3. The quantitative estimate of drug-likeness (QED) is 0.236. The van der Waals surface area contributed by atoms with E-state index in [0.29, 0.717) is 103 Å². The molecule has 0 aromatic rings. The molecule has 0 bridgehead atoms. The molecule has 0 aromatic heterocycles. The zero-order valence-electron chi connectivity index (χ0n) is 34.2. The van der Waals surface area contributed by atoms with E-state index in [9.17, 15) is 19.2 Å². The summed E-state index contributed by atoms with van der Waals surface area (Å²) >= 11 is 0. The molecule has 8 aliphatic rings. The van der Waals surface area contributed by atoms with Gasteiger partial charge in [0.1, 0.15) is 5.78 Å². The Morgan fingerprint density at radius 3 is 1.28 bits per heavy atom. The molecule has 8 rings (SSSR count). The second-order valence-corrected chi connectivity index (χ2v) is 16.0. The van der Waals surface area contributed by atoms with Gasteiger partial charge in [-0.3, -0.25) is 14.4 Å². The predicted octanol–water partition coefficient (Wildman–Crippen LogP) is 5.93. The number of carboxylic acid groups (broad SMARTS) is 1. The normalized spacial score (nSPS) is 27.8. The van der Waals surface area contributed by atoms with Crippen LogP contribution in [0.4, 0.5) is 0 Å². The molecule has 324 valence electrons. The van der Waals surface area contributed by atoms with Gasteiger partial charge in [0.25, 0.3) is 0 Å². The minimum atomic E-state index is -0.695. The highest BCUT2D eigenvalue weighted by molar-refractivity contribution is 5.82. The molecule has 4 aliphatic carbocycles. The Kier molecular flexibility index (Phi) is 17.8. The zero-order chi connectivity index (χ0) is 40.6. The number of Topliss-reactive ketones (excluding diaryl/α,β-unsaturated/α-hetero) is 1. The number of hydrogen-bond acceptors (Lipinski definition) is 14. The van der Waals surface area contributed by atoms with E-state index in [4.69, 9.17) is 52.5 Å². The summed E-state index contributed by atoms with van der Waals surface area (Å²) in [5.74, 6) is -1.30. The minimum absolute atomic E-state index is 0.0725. The lowest BCUT2D eigenvalue weighted by Gasteiger charge is -2.34. The van der Waals surface area contributed by atoms with E-state index in [-0.39, 0.29) is 41.5 Å². The van der Waals surface area contributed by atoms with Crippen LogP contribution in [-0.4, -0.2) is 118 Å². The van der Waals surface area contributed by atoms with E-state index < -0.39 is 5.97 Å². The molecule has 15 nitrogen and oxygen atoms in total. The SMILES string of the molecule is CCOC(=O)C=C1CCC2(CC1)OCCO2.CCOC(=O)CC1CCC2(CC1)OCCO2.O=C(O)CC1CCC2(CC1)OCCO2.O=C1CCC2(CC1)OCCO2. The second-order valence-electron chi connectivity index (χ2n) is 16.0. The van der Waals surface area contributed by atoms with E-state index in [2.05, 4.69) is 0 Å². The van der Waals surface area contributed by atoms with Crippen LogP contribution in [0.25, 0.3) is 0 Å². The molecule has 4 spiro atoms. The summed E-state index contributed by atoms with van der Waals surface area (Å²) in [6.07, 6.45) is 16.0. The van der Waals surface area contributed by atoms with Crippen molar-refractivity contribution in [2.75, 3.05) is 66.1 Å². The second kappa shape index (κ2) is 22.2. The zero-order valence-corrected chi connectivity index (χ0v) is 34.2. The molecule has 4 heterocycles. The average molecular weight is 811 g/mol. The Bertz CT molecular complexity index is 1280. The highest BCUT2D eigenvalue weighted by atomic mass is 16.8. The summed E-state index contributed by atoms with van der Waals surface area (Å²) in [6.45, 7) is 10.1. The fraction of sp³-hybridized carbons (Fsp3) is 0.857. The van der Waals surface area contributed by atoms with Gasteiger partial charge in [0.15, 0.2) is 23.1 Å². The molecule has 0 amide bonds. The molecule has 0 aromatic carbocycles. The van der Waals surface area contributed by atoms with Crippen LogP contribution >= 0.6 is 0 Å². The number of hydrogen-bond donors (Lipinski definition) is 1. The number of carboxylic acids is 1. The maximum Gasteiger partial charge on any atom is 0.330 e. The molecule has 1 N–H and O–H groups in total. The Morgan fingerprint density at radius 1 is 0.561 bits per heavy atom. The standard InChI is InChI=1S/C12H20O4.C12H18O4.C10H16O4.C8H12O3/c2*1-2-14-11(13)9-10-3-5-12(6-4-10)15-7-8-16-12;11-9(12)7-8-1-3-10(4-2-8)13-5-6-14-10;9-7-1-3-8(4-2-7)10-5-6-11-8/h10H,2-9H2,1H3;9H,2-8H2,1H3;8H,1-7H2,(H,11,12);1-6H2. The van der Waals surface area contributed by atoms with Gasteiger partial charge in [-0.15, -0.1) is 0 Å².